The van der Waals surface area contributed by atoms with Crippen LogP contribution in [0.15, 0.2) is 36.4 Å². The van der Waals surface area contributed by atoms with Crippen molar-refractivity contribution in [2.24, 2.45) is 5.73 Å². The van der Waals surface area contributed by atoms with Crippen molar-refractivity contribution in [2.45, 2.75) is 38.7 Å². The second kappa shape index (κ2) is 9.95. The number of rotatable bonds is 5. The minimum absolute atomic E-state index is 0.0303. The van der Waals surface area contributed by atoms with Crippen LogP contribution in [0.4, 0.5) is 26.3 Å². The lowest BCUT2D eigenvalue weighted by Crippen LogP contribution is -2.56. The summed E-state index contributed by atoms with van der Waals surface area (Å²) in [6, 6.07) is 6.43. The van der Waals surface area contributed by atoms with E-state index in [1.54, 1.807) is 0 Å². The van der Waals surface area contributed by atoms with Crippen LogP contribution in [0, 0.1) is 13.8 Å². The van der Waals surface area contributed by atoms with Gasteiger partial charge in [0.2, 0.25) is 0 Å². The van der Waals surface area contributed by atoms with Crippen molar-refractivity contribution >= 4 is 5.91 Å². The van der Waals surface area contributed by atoms with Crippen molar-refractivity contribution in [2.75, 3.05) is 32.7 Å². The fraction of sp³-hybridized carbons (Fsp3) is 0.458. The zero-order chi connectivity index (χ0) is 25.3. The van der Waals surface area contributed by atoms with E-state index in [-0.39, 0.29) is 12.6 Å². The lowest BCUT2D eigenvalue weighted by molar-refractivity contribution is -0.143. The normalized spacial score (nSPS) is 17.8. The molecular formula is C24H27F6N3O. The summed E-state index contributed by atoms with van der Waals surface area (Å²) in [7, 11) is 0. The first kappa shape index (κ1) is 26.0. The predicted octanol–water partition coefficient (Wildman–Crippen LogP) is 4.67. The van der Waals surface area contributed by atoms with E-state index in [1.165, 1.54) is 4.90 Å². The fourth-order valence-electron chi connectivity index (χ4n) is 4.19. The smallest absolute Gasteiger partial charge is 0.333 e. The van der Waals surface area contributed by atoms with Gasteiger partial charge in [0.25, 0.3) is 5.91 Å². The van der Waals surface area contributed by atoms with Crippen LogP contribution in [0.3, 0.4) is 0 Å². The minimum atomic E-state index is -5.02. The Bertz CT molecular complexity index is 1000. The van der Waals surface area contributed by atoms with Gasteiger partial charge in [0.1, 0.15) is 0 Å². The summed E-state index contributed by atoms with van der Waals surface area (Å²) < 4.78 is 79.8. The number of alkyl halides is 6. The molecule has 1 atom stereocenters. The average Bonchev–Trinajstić information content (AvgIpc) is 2.75. The molecule has 34 heavy (non-hydrogen) atoms. The second-order valence-corrected chi connectivity index (χ2v) is 8.66. The van der Waals surface area contributed by atoms with Gasteiger partial charge in [-0.2, -0.15) is 26.3 Å². The molecule has 2 aromatic rings. The third kappa shape index (κ3) is 6.09. The number of amides is 1. The van der Waals surface area contributed by atoms with E-state index >= 15 is 0 Å². The van der Waals surface area contributed by atoms with E-state index in [1.807, 2.05) is 36.9 Å². The molecule has 0 saturated carbocycles. The first-order valence-electron chi connectivity index (χ1n) is 10.9. The summed E-state index contributed by atoms with van der Waals surface area (Å²) in [5, 5.41) is 0. The molecule has 1 heterocycles. The lowest BCUT2D eigenvalue weighted by Gasteiger charge is -2.41. The molecule has 1 fully saturated rings. The van der Waals surface area contributed by atoms with Gasteiger partial charge in [0.15, 0.2) is 0 Å². The molecule has 0 aromatic heterocycles. The quantitative estimate of drug-likeness (QED) is 0.624. The van der Waals surface area contributed by atoms with Crippen LogP contribution in [0.1, 0.15) is 38.2 Å². The van der Waals surface area contributed by atoms with Crippen molar-refractivity contribution in [3.05, 3.63) is 69.8 Å². The van der Waals surface area contributed by atoms with Gasteiger partial charge in [-0.3, -0.25) is 9.69 Å². The third-order valence-corrected chi connectivity index (χ3v) is 6.15. The number of aryl methyl sites for hydroxylation is 2. The third-order valence-electron chi connectivity index (χ3n) is 6.15. The Morgan fingerprint density at radius 1 is 0.941 bits per heavy atom. The monoisotopic (exact) mass is 487 g/mol. The minimum Gasteiger partial charge on any atom is -0.333 e. The summed E-state index contributed by atoms with van der Waals surface area (Å²) in [6.07, 6.45) is -9.62. The Hall–Kier alpha value is -2.59. The van der Waals surface area contributed by atoms with Crippen molar-refractivity contribution in [3.8, 4) is 0 Å². The van der Waals surface area contributed by atoms with Crippen molar-refractivity contribution in [1.29, 1.82) is 0 Å². The Balaban J connectivity index is 1.97. The summed E-state index contributed by atoms with van der Waals surface area (Å²) in [5.41, 5.74) is 5.11. The molecule has 1 aliphatic rings. The first-order valence-corrected chi connectivity index (χ1v) is 10.9. The topological polar surface area (TPSA) is 49.6 Å². The average molecular weight is 487 g/mol. The van der Waals surface area contributed by atoms with Crippen molar-refractivity contribution < 1.29 is 31.1 Å². The number of halogens is 6. The van der Waals surface area contributed by atoms with Crippen LogP contribution in [0.2, 0.25) is 0 Å². The molecule has 2 N–H and O–H groups in total. The van der Waals surface area contributed by atoms with Crippen LogP contribution in [-0.4, -0.2) is 54.5 Å². The Morgan fingerprint density at radius 2 is 1.56 bits per heavy atom. The summed E-state index contributed by atoms with van der Waals surface area (Å²) in [4.78, 5) is 16.7. The highest BCUT2D eigenvalue weighted by Gasteiger charge is 2.39. The molecule has 186 valence electrons. The molecule has 1 aliphatic heterocycles. The highest BCUT2D eigenvalue weighted by Crippen LogP contribution is 2.36. The second-order valence-electron chi connectivity index (χ2n) is 8.66. The molecule has 0 unspecified atom stereocenters. The Labute approximate surface area is 194 Å². The summed E-state index contributed by atoms with van der Waals surface area (Å²) in [5.74, 6) is -0.849. The highest BCUT2D eigenvalue weighted by molar-refractivity contribution is 5.95. The van der Waals surface area contributed by atoms with Crippen LogP contribution in [0.5, 0.6) is 0 Å². The maximum atomic E-state index is 13.3. The number of nitrogens with zero attached hydrogens (tertiary/aromatic N) is 2. The Kier molecular flexibility index (Phi) is 7.62. The SMILES string of the molecule is Cc1ccc(C[C@@H]2CN(CCN)CCN2C(=O)c2cc(C(F)(F)F)cc(C(F)(F)F)c2)cc1C. The highest BCUT2D eigenvalue weighted by atomic mass is 19.4. The number of hydrogen-bond donors (Lipinski definition) is 1. The van der Waals surface area contributed by atoms with E-state index in [0.29, 0.717) is 44.7 Å². The summed E-state index contributed by atoms with van der Waals surface area (Å²) in [6.45, 7) is 5.90. The number of hydrogen-bond acceptors (Lipinski definition) is 3. The van der Waals surface area contributed by atoms with Crippen molar-refractivity contribution in [3.63, 3.8) is 0 Å². The fourth-order valence-corrected chi connectivity index (χ4v) is 4.19. The van der Waals surface area contributed by atoms with Gasteiger partial charge in [0.05, 0.1) is 11.1 Å². The number of carbonyl (C=O) groups excluding carboxylic acids is 1. The van der Waals surface area contributed by atoms with Crippen LogP contribution < -0.4 is 5.73 Å². The molecule has 1 saturated heterocycles. The van der Waals surface area contributed by atoms with E-state index in [4.69, 9.17) is 5.73 Å². The van der Waals surface area contributed by atoms with E-state index < -0.39 is 41.0 Å². The van der Waals surface area contributed by atoms with Gasteiger partial charge in [-0.15, -0.1) is 0 Å². The number of nitrogens with two attached hydrogens (primary N) is 1. The molecule has 0 radical (unpaired) electrons. The predicted molar refractivity (Wildman–Crippen MR) is 116 cm³/mol. The van der Waals surface area contributed by atoms with E-state index in [0.717, 1.165) is 16.7 Å². The maximum absolute atomic E-state index is 13.3. The van der Waals surface area contributed by atoms with Crippen molar-refractivity contribution in [1.82, 2.24) is 9.80 Å². The van der Waals surface area contributed by atoms with Gasteiger partial charge < -0.3 is 10.6 Å². The van der Waals surface area contributed by atoms with Gasteiger partial charge in [0, 0.05) is 44.3 Å². The van der Waals surface area contributed by atoms with Crippen LogP contribution in [0.25, 0.3) is 0 Å². The molecule has 3 rings (SSSR count). The van der Waals surface area contributed by atoms with Gasteiger partial charge in [-0.05, 0) is 55.2 Å². The Morgan fingerprint density at radius 3 is 2.09 bits per heavy atom. The van der Waals surface area contributed by atoms with Gasteiger partial charge in [-0.1, -0.05) is 18.2 Å². The molecule has 4 nitrogen and oxygen atoms in total. The van der Waals surface area contributed by atoms with E-state index in [9.17, 15) is 31.1 Å². The first-order chi connectivity index (χ1) is 15.8. The molecular weight excluding hydrogens is 460 g/mol. The van der Waals surface area contributed by atoms with Crippen LogP contribution >= 0.6 is 0 Å². The molecule has 0 aliphatic carbocycles. The summed E-state index contributed by atoms with van der Waals surface area (Å²) >= 11 is 0. The number of piperazine rings is 1. The zero-order valence-electron chi connectivity index (χ0n) is 18.9. The van der Waals surface area contributed by atoms with Gasteiger partial charge >= 0.3 is 12.4 Å². The molecule has 2 aromatic carbocycles. The lowest BCUT2D eigenvalue weighted by atomic mass is 9.97. The van der Waals surface area contributed by atoms with Crippen LogP contribution in [-0.2, 0) is 18.8 Å². The molecule has 1 amide bonds. The molecule has 0 spiro atoms. The van der Waals surface area contributed by atoms with E-state index in [2.05, 4.69) is 0 Å². The maximum Gasteiger partial charge on any atom is 0.416 e. The standard InChI is InChI=1S/C24H27F6N3O/c1-15-3-4-17(9-16(15)2)10-21-14-32(6-5-31)7-8-33(21)22(34)18-11-19(23(25,26)27)13-20(12-18)24(28,29)30/h3-4,9,11-13,21H,5-8,10,14,31H2,1-2H3/t21-/m1/s1. The molecule has 0 bridgehead atoms. The zero-order valence-corrected chi connectivity index (χ0v) is 18.9. The molecule has 10 heteroatoms. The largest absolute Gasteiger partial charge is 0.416 e. The number of carbonyl (C=O) groups is 1. The van der Waals surface area contributed by atoms with Gasteiger partial charge in [-0.25, -0.2) is 0 Å². The number of benzene rings is 2.